The molecule has 0 spiro atoms. The summed E-state index contributed by atoms with van der Waals surface area (Å²) in [6.07, 6.45) is 1.32. The number of rotatable bonds is 5. The zero-order valence-corrected chi connectivity index (χ0v) is 15.0. The van der Waals surface area contributed by atoms with Gasteiger partial charge in [-0.2, -0.15) is 0 Å². The fourth-order valence-electron chi connectivity index (χ4n) is 3.41. The van der Waals surface area contributed by atoms with Crippen molar-refractivity contribution in [3.05, 3.63) is 69.8 Å². The number of ether oxygens (including phenoxy) is 1. The van der Waals surface area contributed by atoms with Gasteiger partial charge in [-0.25, -0.2) is 4.79 Å². The Hall–Kier alpha value is -3.22. The molecule has 0 amide bonds. The normalized spacial score (nSPS) is 14.6. The number of non-ortho nitro benzene ring substituents is 1. The van der Waals surface area contributed by atoms with Crippen LogP contribution in [0.1, 0.15) is 33.6 Å². The third-order valence-corrected chi connectivity index (χ3v) is 4.86. The van der Waals surface area contributed by atoms with Gasteiger partial charge in [0.05, 0.1) is 23.3 Å². The molecular formula is C20H20N2O5. The first-order valence-electron chi connectivity index (χ1n) is 8.72. The van der Waals surface area contributed by atoms with Crippen LogP contribution >= 0.6 is 0 Å². The van der Waals surface area contributed by atoms with Crippen molar-refractivity contribution in [1.82, 2.24) is 0 Å². The summed E-state index contributed by atoms with van der Waals surface area (Å²) in [4.78, 5) is 37.1. The molecule has 1 heterocycles. The molecule has 7 nitrogen and oxygen atoms in total. The van der Waals surface area contributed by atoms with Crippen molar-refractivity contribution < 1.29 is 19.2 Å². The quantitative estimate of drug-likeness (QED) is 0.347. The monoisotopic (exact) mass is 368 g/mol. The highest BCUT2D eigenvalue weighted by Crippen LogP contribution is 2.31. The van der Waals surface area contributed by atoms with Crippen molar-refractivity contribution in [3.8, 4) is 0 Å². The number of carbonyl (C=O) groups is 2. The third kappa shape index (κ3) is 3.97. The molecule has 0 bridgehead atoms. The maximum absolute atomic E-state index is 12.6. The molecule has 0 radical (unpaired) electrons. The molecule has 1 aliphatic heterocycles. The summed E-state index contributed by atoms with van der Waals surface area (Å²) in [5.41, 5.74) is 1.31. The van der Waals surface area contributed by atoms with Crippen LogP contribution < -0.4 is 4.90 Å². The number of esters is 1. The minimum Gasteiger partial charge on any atom is -0.465 e. The van der Waals surface area contributed by atoms with Crippen LogP contribution in [0.25, 0.3) is 0 Å². The lowest BCUT2D eigenvalue weighted by atomic mass is 9.88. The van der Waals surface area contributed by atoms with Crippen molar-refractivity contribution in [3.63, 3.8) is 0 Å². The second-order valence-corrected chi connectivity index (χ2v) is 6.44. The molecule has 1 saturated heterocycles. The SMILES string of the molecule is COC(=O)c1cc([N+](=O)[O-])ccc1N1CCC(C(=O)c2ccccc2)CC1. The van der Waals surface area contributed by atoms with Crippen LogP contribution in [-0.4, -0.2) is 36.9 Å². The van der Waals surface area contributed by atoms with E-state index in [0.29, 0.717) is 37.2 Å². The lowest BCUT2D eigenvalue weighted by Gasteiger charge is -2.33. The number of hydrogen-bond donors (Lipinski definition) is 0. The molecule has 1 fully saturated rings. The smallest absolute Gasteiger partial charge is 0.340 e. The molecule has 0 aliphatic carbocycles. The van der Waals surface area contributed by atoms with Crippen LogP contribution in [0.5, 0.6) is 0 Å². The Morgan fingerprint density at radius 3 is 2.37 bits per heavy atom. The van der Waals surface area contributed by atoms with Crippen LogP contribution in [-0.2, 0) is 4.74 Å². The fourth-order valence-corrected chi connectivity index (χ4v) is 3.41. The number of carbonyl (C=O) groups excluding carboxylic acids is 2. The van der Waals surface area contributed by atoms with Gasteiger partial charge in [0.2, 0.25) is 0 Å². The molecule has 2 aromatic rings. The zero-order valence-electron chi connectivity index (χ0n) is 15.0. The van der Waals surface area contributed by atoms with Gasteiger partial charge in [0.1, 0.15) is 0 Å². The minimum atomic E-state index is -0.615. The summed E-state index contributed by atoms with van der Waals surface area (Å²) in [6.45, 7) is 1.18. The maximum Gasteiger partial charge on any atom is 0.340 e. The highest BCUT2D eigenvalue weighted by Gasteiger charge is 2.28. The molecule has 27 heavy (non-hydrogen) atoms. The molecular weight excluding hydrogens is 348 g/mol. The summed E-state index contributed by atoms with van der Waals surface area (Å²) in [6, 6.07) is 13.4. The van der Waals surface area contributed by atoms with Gasteiger partial charge in [0.15, 0.2) is 5.78 Å². The predicted molar refractivity (Wildman–Crippen MR) is 100 cm³/mol. The minimum absolute atomic E-state index is 0.0664. The van der Waals surface area contributed by atoms with Gasteiger partial charge in [-0.1, -0.05) is 30.3 Å². The van der Waals surface area contributed by atoms with Crippen LogP contribution in [0.15, 0.2) is 48.5 Å². The average molecular weight is 368 g/mol. The largest absolute Gasteiger partial charge is 0.465 e. The van der Waals surface area contributed by atoms with E-state index >= 15 is 0 Å². The zero-order chi connectivity index (χ0) is 19.4. The molecule has 1 aliphatic rings. The Morgan fingerprint density at radius 2 is 1.78 bits per heavy atom. The van der Waals surface area contributed by atoms with Crippen molar-refractivity contribution in [2.45, 2.75) is 12.8 Å². The van der Waals surface area contributed by atoms with Gasteiger partial charge in [0, 0.05) is 36.7 Å². The van der Waals surface area contributed by atoms with E-state index in [9.17, 15) is 19.7 Å². The molecule has 0 N–H and O–H groups in total. The number of nitro groups is 1. The number of nitrogens with zero attached hydrogens (tertiary/aromatic N) is 2. The van der Waals surface area contributed by atoms with E-state index < -0.39 is 10.9 Å². The molecule has 3 rings (SSSR count). The number of piperidine rings is 1. The Balaban J connectivity index is 1.77. The van der Waals surface area contributed by atoms with E-state index in [1.807, 2.05) is 35.2 Å². The van der Waals surface area contributed by atoms with Crippen molar-refractivity contribution in [2.75, 3.05) is 25.1 Å². The van der Waals surface area contributed by atoms with Gasteiger partial charge in [0.25, 0.3) is 5.69 Å². The number of methoxy groups -OCH3 is 1. The van der Waals surface area contributed by atoms with Crippen LogP contribution in [0.3, 0.4) is 0 Å². The first-order valence-corrected chi connectivity index (χ1v) is 8.72. The number of hydrogen-bond acceptors (Lipinski definition) is 6. The topological polar surface area (TPSA) is 89.8 Å². The van der Waals surface area contributed by atoms with Gasteiger partial charge in [-0.3, -0.25) is 14.9 Å². The molecule has 0 unspecified atom stereocenters. The number of anilines is 1. The Bertz CT molecular complexity index is 858. The molecule has 0 saturated carbocycles. The number of Topliss-reactive ketones (excluding diaryl/α,β-unsaturated/α-hetero) is 1. The predicted octanol–water partition coefficient (Wildman–Crippen LogP) is 3.48. The second-order valence-electron chi connectivity index (χ2n) is 6.44. The highest BCUT2D eigenvalue weighted by atomic mass is 16.6. The molecule has 2 aromatic carbocycles. The van der Waals surface area contributed by atoms with Gasteiger partial charge >= 0.3 is 5.97 Å². The average Bonchev–Trinajstić information content (AvgIpc) is 2.73. The van der Waals surface area contributed by atoms with E-state index in [2.05, 4.69) is 0 Å². The Labute approximate surface area is 156 Å². The fraction of sp³-hybridized carbons (Fsp3) is 0.300. The number of ketones is 1. The van der Waals surface area contributed by atoms with Crippen LogP contribution in [0, 0.1) is 16.0 Å². The summed E-state index contributed by atoms with van der Waals surface area (Å²) in [7, 11) is 1.25. The summed E-state index contributed by atoms with van der Waals surface area (Å²) in [5.74, 6) is -0.549. The van der Waals surface area contributed by atoms with Gasteiger partial charge in [-0.15, -0.1) is 0 Å². The Morgan fingerprint density at radius 1 is 1.11 bits per heavy atom. The van der Waals surface area contributed by atoms with E-state index in [-0.39, 0.29) is 23.0 Å². The molecule has 0 atom stereocenters. The highest BCUT2D eigenvalue weighted by molar-refractivity contribution is 5.98. The van der Waals surface area contributed by atoms with E-state index in [1.54, 1.807) is 6.07 Å². The van der Waals surface area contributed by atoms with Gasteiger partial charge < -0.3 is 9.64 Å². The van der Waals surface area contributed by atoms with E-state index in [4.69, 9.17) is 4.74 Å². The molecule has 7 heteroatoms. The standard InChI is InChI=1S/C20H20N2O5/c1-27-20(24)17-13-16(22(25)26)7-8-18(17)21-11-9-15(10-12-21)19(23)14-5-3-2-4-6-14/h2-8,13,15H,9-12H2,1H3. The first-order chi connectivity index (χ1) is 13.0. The van der Waals surface area contributed by atoms with E-state index in [1.165, 1.54) is 19.2 Å². The van der Waals surface area contributed by atoms with Crippen LogP contribution in [0.4, 0.5) is 11.4 Å². The summed E-state index contributed by atoms with van der Waals surface area (Å²) < 4.78 is 4.78. The van der Waals surface area contributed by atoms with E-state index in [0.717, 1.165) is 0 Å². The molecule has 0 aromatic heterocycles. The first kappa shape index (κ1) is 18.6. The lowest BCUT2D eigenvalue weighted by Crippen LogP contribution is -2.37. The summed E-state index contributed by atoms with van der Waals surface area (Å²) >= 11 is 0. The second kappa shape index (κ2) is 7.99. The Kier molecular flexibility index (Phi) is 5.49. The number of benzene rings is 2. The summed E-state index contributed by atoms with van der Waals surface area (Å²) in [5, 5.41) is 11.0. The van der Waals surface area contributed by atoms with Crippen LogP contribution in [0.2, 0.25) is 0 Å². The van der Waals surface area contributed by atoms with Crippen molar-refractivity contribution in [1.29, 1.82) is 0 Å². The number of nitro benzene ring substituents is 1. The maximum atomic E-state index is 12.6. The van der Waals surface area contributed by atoms with Gasteiger partial charge in [-0.05, 0) is 18.9 Å². The van der Waals surface area contributed by atoms with Crippen molar-refractivity contribution >= 4 is 23.1 Å². The third-order valence-electron chi connectivity index (χ3n) is 4.86. The van der Waals surface area contributed by atoms with Crippen molar-refractivity contribution in [2.24, 2.45) is 5.92 Å². The lowest BCUT2D eigenvalue weighted by molar-refractivity contribution is -0.384. The molecule has 140 valence electrons.